The highest BCUT2D eigenvalue weighted by molar-refractivity contribution is 6.31. The number of pyridine rings is 1. The average molecular weight is 533 g/mol. The molecule has 0 radical (unpaired) electrons. The molecule has 8 nitrogen and oxygen atoms in total. The van der Waals surface area contributed by atoms with Gasteiger partial charge in [-0.1, -0.05) is 84.4 Å². The van der Waals surface area contributed by atoms with E-state index in [1.54, 1.807) is 25.4 Å². The third-order valence-electron chi connectivity index (χ3n) is 5.95. The SMILES string of the molecule is CN(C(=O)NCc1ccccc1Cl)[C@@H](COCc1ccccc1)COC(=O)Nc1cc2ccccc2cn1. The second-order valence-corrected chi connectivity index (χ2v) is 9.06. The molecule has 3 amide bonds. The Kier molecular flexibility index (Phi) is 9.50. The number of rotatable bonds is 10. The Morgan fingerprint density at radius 1 is 0.947 bits per heavy atom. The van der Waals surface area contributed by atoms with Crippen LogP contribution in [0.3, 0.4) is 0 Å². The summed E-state index contributed by atoms with van der Waals surface area (Å²) in [5.41, 5.74) is 1.80. The Balaban J connectivity index is 1.35. The molecule has 0 aliphatic heterocycles. The third-order valence-corrected chi connectivity index (χ3v) is 6.31. The molecule has 1 aromatic heterocycles. The van der Waals surface area contributed by atoms with Crippen molar-refractivity contribution in [3.63, 3.8) is 0 Å². The predicted octanol–water partition coefficient (Wildman–Crippen LogP) is 5.86. The Labute approximate surface area is 226 Å². The quantitative estimate of drug-likeness (QED) is 0.267. The third kappa shape index (κ3) is 7.68. The van der Waals surface area contributed by atoms with Crippen LogP contribution in [0, 0.1) is 0 Å². The van der Waals surface area contributed by atoms with Crippen molar-refractivity contribution in [3.8, 4) is 0 Å². The zero-order valence-electron chi connectivity index (χ0n) is 21.0. The van der Waals surface area contributed by atoms with Gasteiger partial charge in [0.25, 0.3) is 0 Å². The number of carbonyl (C=O) groups is 2. The molecule has 2 N–H and O–H groups in total. The van der Waals surface area contributed by atoms with Crippen molar-refractivity contribution in [3.05, 3.63) is 107 Å². The normalized spacial score (nSPS) is 11.5. The number of anilines is 1. The van der Waals surface area contributed by atoms with Gasteiger partial charge < -0.3 is 19.7 Å². The summed E-state index contributed by atoms with van der Waals surface area (Å²) in [6.07, 6.45) is 1.01. The van der Waals surface area contributed by atoms with Gasteiger partial charge in [0.05, 0.1) is 19.3 Å². The Bertz CT molecular complexity index is 1370. The molecule has 4 rings (SSSR count). The lowest BCUT2D eigenvalue weighted by atomic mass is 10.2. The number of likely N-dealkylation sites (N-methyl/N-ethyl adjacent to an activating group) is 1. The molecule has 0 spiro atoms. The maximum absolute atomic E-state index is 12.9. The van der Waals surface area contributed by atoms with Gasteiger partial charge >= 0.3 is 12.1 Å². The van der Waals surface area contributed by atoms with Crippen LogP contribution in [0.2, 0.25) is 5.02 Å². The molecular weight excluding hydrogens is 504 g/mol. The first-order chi connectivity index (χ1) is 18.5. The van der Waals surface area contributed by atoms with Crippen LogP contribution in [-0.2, 0) is 22.6 Å². The van der Waals surface area contributed by atoms with Crippen molar-refractivity contribution < 1.29 is 19.1 Å². The number of amides is 3. The summed E-state index contributed by atoms with van der Waals surface area (Å²) in [5, 5.41) is 7.98. The number of urea groups is 1. The first-order valence-electron chi connectivity index (χ1n) is 12.1. The Morgan fingerprint density at radius 2 is 1.66 bits per heavy atom. The van der Waals surface area contributed by atoms with Crippen LogP contribution in [-0.4, -0.2) is 48.3 Å². The molecule has 0 fully saturated rings. The van der Waals surface area contributed by atoms with Gasteiger partial charge in [-0.15, -0.1) is 0 Å². The highest BCUT2D eigenvalue weighted by atomic mass is 35.5. The average Bonchev–Trinajstić information content (AvgIpc) is 2.94. The van der Waals surface area contributed by atoms with E-state index in [1.807, 2.05) is 72.8 Å². The van der Waals surface area contributed by atoms with Crippen molar-refractivity contribution in [2.75, 3.05) is 25.6 Å². The minimum Gasteiger partial charge on any atom is -0.447 e. The van der Waals surface area contributed by atoms with Crippen LogP contribution >= 0.6 is 11.6 Å². The van der Waals surface area contributed by atoms with Gasteiger partial charge in [0, 0.05) is 30.2 Å². The minimum atomic E-state index is -0.675. The fourth-order valence-electron chi connectivity index (χ4n) is 3.73. The summed E-state index contributed by atoms with van der Waals surface area (Å²) in [4.78, 5) is 31.2. The molecule has 3 aromatic carbocycles. The number of fused-ring (bicyclic) bond motifs is 1. The summed E-state index contributed by atoms with van der Waals surface area (Å²) >= 11 is 6.21. The van der Waals surface area contributed by atoms with Crippen molar-refractivity contribution in [1.82, 2.24) is 15.2 Å². The van der Waals surface area contributed by atoms with Gasteiger partial charge in [0.2, 0.25) is 0 Å². The molecule has 196 valence electrons. The molecule has 0 aliphatic rings. The molecule has 1 atom stereocenters. The van der Waals surface area contributed by atoms with Crippen LogP contribution in [0.25, 0.3) is 10.8 Å². The van der Waals surface area contributed by atoms with Gasteiger partial charge in [-0.3, -0.25) is 5.32 Å². The van der Waals surface area contributed by atoms with Crippen LogP contribution in [0.5, 0.6) is 0 Å². The van der Waals surface area contributed by atoms with Crippen molar-refractivity contribution in [1.29, 1.82) is 0 Å². The fraction of sp³-hybridized carbons (Fsp3) is 0.207. The number of halogens is 1. The number of benzene rings is 3. The monoisotopic (exact) mass is 532 g/mol. The van der Waals surface area contributed by atoms with Gasteiger partial charge in [0.1, 0.15) is 12.4 Å². The maximum atomic E-state index is 12.9. The van der Waals surface area contributed by atoms with E-state index >= 15 is 0 Å². The molecule has 0 aliphatic carbocycles. The van der Waals surface area contributed by atoms with Crippen molar-refractivity contribution in [2.24, 2.45) is 0 Å². The molecular formula is C29H29ClN4O4. The number of nitrogens with one attached hydrogen (secondary N) is 2. The topological polar surface area (TPSA) is 92.8 Å². The zero-order valence-corrected chi connectivity index (χ0v) is 21.7. The Morgan fingerprint density at radius 3 is 2.45 bits per heavy atom. The number of hydrogen-bond donors (Lipinski definition) is 2. The molecule has 0 saturated carbocycles. The largest absolute Gasteiger partial charge is 0.447 e. The highest BCUT2D eigenvalue weighted by Crippen LogP contribution is 2.17. The van der Waals surface area contributed by atoms with E-state index in [4.69, 9.17) is 21.1 Å². The van der Waals surface area contributed by atoms with E-state index in [2.05, 4.69) is 15.6 Å². The first kappa shape index (κ1) is 26.9. The van der Waals surface area contributed by atoms with Crippen molar-refractivity contribution >= 4 is 40.3 Å². The van der Waals surface area contributed by atoms with E-state index in [9.17, 15) is 9.59 Å². The predicted molar refractivity (Wildman–Crippen MR) is 148 cm³/mol. The number of aromatic nitrogens is 1. The second kappa shape index (κ2) is 13.4. The van der Waals surface area contributed by atoms with E-state index in [1.165, 1.54) is 4.90 Å². The first-order valence-corrected chi connectivity index (χ1v) is 12.5. The van der Waals surface area contributed by atoms with Crippen LogP contribution in [0.15, 0.2) is 91.1 Å². The number of ether oxygens (including phenoxy) is 2. The molecule has 9 heteroatoms. The lowest BCUT2D eigenvalue weighted by Gasteiger charge is -2.28. The molecule has 0 saturated heterocycles. The van der Waals surface area contributed by atoms with Crippen molar-refractivity contribution in [2.45, 2.75) is 19.2 Å². The summed E-state index contributed by atoms with van der Waals surface area (Å²) in [6.45, 7) is 0.700. The van der Waals surface area contributed by atoms with Gasteiger partial charge in [-0.05, 0) is 28.6 Å². The van der Waals surface area contributed by atoms with Gasteiger partial charge in [0.15, 0.2) is 0 Å². The molecule has 4 aromatic rings. The summed E-state index contributed by atoms with van der Waals surface area (Å²) < 4.78 is 11.3. The number of hydrogen-bond acceptors (Lipinski definition) is 5. The lowest BCUT2D eigenvalue weighted by Crippen LogP contribution is -2.48. The van der Waals surface area contributed by atoms with E-state index < -0.39 is 12.1 Å². The summed E-state index contributed by atoms with van der Waals surface area (Å²) in [7, 11) is 1.63. The standard InChI is InChI=1S/C29H29ClN4O4/c1-34(28(35)32-17-24-13-7-8-14-26(24)30)25(19-37-18-21-9-3-2-4-10-21)20-38-29(36)33-27-15-22-11-5-6-12-23(22)16-31-27/h2-16,25H,17-20H2,1H3,(H,32,35)(H,31,33,36)/t25-/m0/s1. The Hall–Kier alpha value is -4.14. The molecule has 38 heavy (non-hydrogen) atoms. The highest BCUT2D eigenvalue weighted by Gasteiger charge is 2.22. The van der Waals surface area contributed by atoms with Gasteiger partial charge in [-0.25, -0.2) is 14.6 Å². The fourth-order valence-corrected chi connectivity index (χ4v) is 3.93. The summed E-state index contributed by atoms with van der Waals surface area (Å²) in [5.74, 6) is 0.372. The molecule has 1 heterocycles. The maximum Gasteiger partial charge on any atom is 0.412 e. The molecule has 0 bridgehead atoms. The van der Waals surface area contributed by atoms with Gasteiger partial charge in [-0.2, -0.15) is 0 Å². The summed E-state index contributed by atoms with van der Waals surface area (Å²) in [6, 6.07) is 25.6. The lowest BCUT2D eigenvalue weighted by molar-refractivity contribution is 0.0402. The molecule has 0 unspecified atom stereocenters. The van der Waals surface area contributed by atoms with Crippen LogP contribution < -0.4 is 10.6 Å². The van der Waals surface area contributed by atoms with Crippen LogP contribution in [0.1, 0.15) is 11.1 Å². The minimum absolute atomic E-state index is 0.0791. The van der Waals surface area contributed by atoms with E-state index in [0.29, 0.717) is 17.4 Å². The smallest absolute Gasteiger partial charge is 0.412 e. The zero-order chi connectivity index (χ0) is 26.7. The number of carbonyl (C=O) groups excluding carboxylic acids is 2. The van der Waals surface area contributed by atoms with Crippen LogP contribution in [0.4, 0.5) is 15.4 Å². The number of nitrogens with zero attached hydrogens (tertiary/aromatic N) is 2. The second-order valence-electron chi connectivity index (χ2n) is 8.66. The van der Waals surface area contributed by atoms with E-state index in [-0.39, 0.29) is 25.8 Å². The van der Waals surface area contributed by atoms with E-state index in [0.717, 1.165) is 21.9 Å².